The molecule has 21 heavy (non-hydrogen) atoms. The molecule has 0 atom stereocenters. The van der Waals surface area contributed by atoms with Crippen LogP contribution in [-0.4, -0.2) is 24.3 Å². The first-order valence-corrected chi connectivity index (χ1v) is 7.32. The van der Waals surface area contributed by atoms with Gasteiger partial charge in [-0.05, 0) is 40.7 Å². The largest absolute Gasteiger partial charge is 0.488 e. The third-order valence-electron chi connectivity index (χ3n) is 2.53. The van der Waals surface area contributed by atoms with Crippen molar-refractivity contribution in [3.05, 3.63) is 29.8 Å². The maximum absolute atomic E-state index is 11.1. The summed E-state index contributed by atoms with van der Waals surface area (Å²) in [5, 5.41) is 0. The van der Waals surface area contributed by atoms with Crippen molar-refractivity contribution in [2.75, 3.05) is 6.61 Å². The van der Waals surface area contributed by atoms with Gasteiger partial charge in [-0.3, -0.25) is 4.79 Å². The van der Waals surface area contributed by atoms with Gasteiger partial charge in [0.05, 0.1) is 19.1 Å². The van der Waals surface area contributed by atoms with Crippen molar-refractivity contribution >= 4 is 5.97 Å². The fourth-order valence-corrected chi connectivity index (χ4v) is 1.61. The van der Waals surface area contributed by atoms with Crippen LogP contribution in [0.3, 0.4) is 0 Å². The number of hydrogen-bond donors (Lipinski definition) is 0. The van der Waals surface area contributed by atoms with Gasteiger partial charge in [0.15, 0.2) is 0 Å². The summed E-state index contributed by atoms with van der Waals surface area (Å²) in [4.78, 5) is 11.1. The smallest absolute Gasteiger partial charge is 0.308 e. The number of para-hydroxylation sites is 1. The molecule has 0 N–H and O–H groups in total. The average Bonchev–Trinajstić information content (AvgIpc) is 2.29. The predicted molar refractivity (Wildman–Crippen MR) is 82.3 cm³/mol. The number of rotatable bonds is 4. The Bertz CT molecular complexity index is 423. The molecule has 0 saturated carbocycles. The lowest BCUT2D eigenvalue weighted by molar-refractivity contribution is -0.156. The van der Waals surface area contributed by atoms with Crippen molar-refractivity contribution in [1.29, 1.82) is 0 Å². The molecule has 118 valence electrons. The Kier molecular flexibility index (Phi) is 6.69. The van der Waals surface area contributed by atoms with Gasteiger partial charge in [0.25, 0.3) is 0 Å². The maximum atomic E-state index is 11.1. The lowest BCUT2D eigenvalue weighted by Crippen LogP contribution is -2.24. The molecule has 1 heterocycles. The van der Waals surface area contributed by atoms with Gasteiger partial charge in [-0.15, -0.1) is 0 Å². The lowest BCUT2D eigenvalue weighted by atomic mass is 10.1. The van der Waals surface area contributed by atoms with E-state index in [1.165, 1.54) is 5.56 Å². The molecule has 0 amide bonds. The Labute approximate surface area is 127 Å². The minimum atomic E-state index is -0.394. The summed E-state index contributed by atoms with van der Waals surface area (Å²) >= 11 is 0. The molecule has 0 saturated heterocycles. The topological polar surface area (TPSA) is 44.8 Å². The van der Waals surface area contributed by atoms with Crippen LogP contribution in [0.4, 0.5) is 0 Å². The quantitative estimate of drug-likeness (QED) is 0.794. The van der Waals surface area contributed by atoms with Gasteiger partial charge in [-0.1, -0.05) is 18.2 Å². The van der Waals surface area contributed by atoms with E-state index < -0.39 is 5.60 Å². The van der Waals surface area contributed by atoms with Crippen LogP contribution in [0.2, 0.25) is 0 Å². The fraction of sp³-hybridized carbons (Fsp3) is 0.588. The highest BCUT2D eigenvalue weighted by Crippen LogP contribution is 2.27. The Balaban J connectivity index is 0.000000230. The van der Waals surface area contributed by atoms with Gasteiger partial charge in [0.1, 0.15) is 18.0 Å². The van der Waals surface area contributed by atoms with Gasteiger partial charge < -0.3 is 14.2 Å². The van der Waals surface area contributed by atoms with Gasteiger partial charge in [-0.25, -0.2) is 0 Å². The summed E-state index contributed by atoms with van der Waals surface area (Å²) in [5.41, 5.74) is 0.932. The normalized spacial score (nSPS) is 12.5. The summed E-state index contributed by atoms with van der Waals surface area (Å²) in [5.74, 6) is 0.848. The molecule has 2 rings (SSSR count). The molecule has 4 heteroatoms. The standard InChI is InChI=1S/C10H20O3.C7H6O/c1-8(2)12-7-6-9(11)13-10(3,4)5;1-2-4-7-6(3-1)5-8-7/h8H,6-7H2,1-5H3;1-4H,5H2. The number of esters is 1. The second kappa shape index (κ2) is 8.03. The van der Waals surface area contributed by atoms with E-state index in [9.17, 15) is 4.79 Å². The van der Waals surface area contributed by atoms with Crippen molar-refractivity contribution in [2.45, 2.75) is 59.4 Å². The van der Waals surface area contributed by atoms with Crippen LogP contribution in [0, 0.1) is 0 Å². The van der Waals surface area contributed by atoms with Gasteiger partial charge in [0.2, 0.25) is 0 Å². The molecule has 0 spiro atoms. The zero-order valence-electron chi connectivity index (χ0n) is 13.6. The lowest BCUT2D eigenvalue weighted by Gasteiger charge is -2.19. The molecule has 0 radical (unpaired) electrons. The molecule has 0 aromatic heterocycles. The van der Waals surface area contributed by atoms with E-state index in [0.717, 1.165) is 12.4 Å². The van der Waals surface area contributed by atoms with E-state index in [1.807, 2.05) is 52.8 Å². The zero-order chi connectivity index (χ0) is 15.9. The SMILES string of the molecule is CC(C)OCCC(=O)OC(C)(C)C.c1ccc2c(c1)CO2. The maximum Gasteiger partial charge on any atom is 0.308 e. The molecule has 1 aliphatic heterocycles. The van der Waals surface area contributed by atoms with E-state index in [4.69, 9.17) is 14.2 Å². The van der Waals surface area contributed by atoms with Crippen molar-refractivity contribution in [1.82, 2.24) is 0 Å². The number of carbonyl (C=O) groups excluding carboxylic acids is 1. The predicted octanol–water partition coefficient (Wildman–Crippen LogP) is 3.72. The number of carbonyl (C=O) groups is 1. The Morgan fingerprint density at radius 1 is 1.29 bits per heavy atom. The Morgan fingerprint density at radius 2 is 1.95 bits per heavy atom. The van der Waals surface area contributed by atoms with Crippen LogP contribution in [0.25, 0.3) is 0 Å². The summed E-state index contributed by atoms with van der Waals surface area (Å²) in [6.45, 7) is 10.7. The molecule has 0 fully saturated rings. The monoisotopic (exact) mass is 294 g/mol. The first-order chi connectivity index (χ1) is 9.78. The third kappa shape index (κ3) is 7.71. The summed E-state index contributed by atoms with van der Waals surface area (Å²) in [6, 6.07) is 8.08. The molecule has 1 aromatic carbocycles. The molecular formula is C17H26O4. The summed E-state index contributed by atoms with van der Waals surface area (Å²) < 4.78 is 15.4. The highest BCUT2D eigenvalue weighted by atomic mass is 16.6. The number of hydrogen-bond acceptors (Lipinski definition) is 4. The number of ether oxygens (including phenoxy) is 3. The van der Waals surface area contributed by atoms with Crippen LogP contribution in [-0.2, 0) is 20.9 Å². The van der Waals surface area contributed by atoms with E-state index in [-0.39, 0.29) is 12.1 Å². The molecule has 0 bridgehead atoms. The fourth-order valence-electron chi connectivity index (χ4n) is 1.61. The molecule has 0 aliphatic carbocycles. The van der Waals surface area contributed by atoms with E-state index >= 15 is 0 Å². The van der Waals surface area contributed by atoms with Gasteiger partial charge >= 0.3 is 5.97 Å². The van der Waals surface area contributed by atoms with Crippen LogP contribution < -0.4 is 4.74 Å². The van der Waals surface area contributed by atoms with Crippen LogP contribution >= 0.6 is 0 Å². The highest BCUT2D eigenvalue weighted by molar-refractivity contribution is 5.69. The summed E-state index contributed by atoms with van der Waals surface area (Å²) in [7, 11) is 0. The molecule has 1 aliphatic rings. The first kappa shape index (κ1) is 17.5. The second-order valence-corrected chi connectivity index (χ2v) is 6.15. The van der Waals surface area contributed by atoms with Crippen molar-refractivity contribution in [3.63, 3.8) is 0 Å². The Hall–Kier alpha value is -1.55. The van der Waals surface area contributed by atoms with Gasteiger partial charge in [-0.2, -0.15) is 0 Å². The average molecular weight is 294 g/mol. The third-order valence-corrected chi connectivity index (χ3v) is 2.53. The van der Waals surface area contributed by atoms with E-state index in [2.05, 4.69) is 6.07 Å². The Morgan fingerprint density at radius 3 is 2.33 bits per heavy atom. The number of benzene rings is 1. The molecular weight excluding hydrogens is 268 g/mol. The number of fused-ring (bicyclic) bond motifs is 1. The summed E-state index contributed by atoms with van der Waals surface area (Å²) in [6.07, 6.45) is 0.498. The molecule has 1 aromatic rings. The van der Waals surface area contributed by atoms with Gasteiger partial charge in [0, 0.05) is 5.56 Å². The highest BCUT2D eigenvalue weighted by Gasteiger charge is 2.15. The van der Waals surface area contributed by atoms with E-state index in [0.29, 0.717) is 13.0 Å². The zero-order valence-corrected chi connectivity index (χ0v) is 13.6. The van der Waals surface area contributed by atoms with Crippen molar-refractivity contribution in [2.24, 2.45) is 0 Å². The van der Waals surface area contributed by atoms with Crippen LogP contribution in [0.1, 0.15) is 46.6 Å². The molecule has 0 unspecified atom stereocenters. The van der Waals surface area contributed by atoms with Crippen LogP contribution in [0.5, 0.6) is 5.75 Å². The van der Waals surface area contributed by atoms with Crippen LogP contribution in [0.15, 0.2) is 24.3 Å². The minimum absolute atomic E-state index is 0.169. The van der Waals surface area contributed by atoms with Crippen molar-refractivity contribution in [3.8, 4) is 5.75 Å². The van der Waals surface area contributed by atoms with Crippen molar-refractivity contribution < 1.29 is 19.0 Å². The molecule has 4 nitrogen and oxygen atoms in total. The van der Waals surface area contributed by atoms with E-state index in [1.54, 1.807) is 0 Å². The first-order valence-electron chi connectivity index (χ1n) is 7.32. The minimum Gasteiger partial charge on any atom is -0.488 e. The second-order valence-electron chi connectivity index (χ2n) is 6.15.